The maximum absolute atomic E-state index is 10.9. The average Bonchev–Trinajstić information content (AvgIpc) is 2.56. The lowest BCUT2D eigenvalue weighted by Crippen LogP contribution is -2.31. The Morgan fingerprint density at radius 3 is 3.23 bits per heavy atom. The van der Waals surface area contributed by atoms with Crippen molar-refractivity contribution in [3.05, 3.63) is 11.6 Å². The number of thioether (sulfide) groups is 1. The molecule has 4 nitrogen and oxygen atoms in total. The van der Waals surface area contributed by atoms with E-state index in [4.69, 9.17) is 5.84 Å². The summed E-state index contributed by atoms with van der Waals surface area (Å²) in [7, 11) is 0. The SMILES string of the molecule is CC(CC(=O)NN)Sc1nccs1. The van der Waals surface area contributed by atoms with Gasteiger partial charge in [-0.25, -0.2) is 10.8 Å². The quantitative estimate of drug-likeness (QED) is 0.342. The van der Waals surface area contributed by atoms with Gasteiger partial charge in [-0.2, -0.15) is 0 Å². The van der Waals surface area contributed by atoms with Gasteiger partial charge in [-0.3, -0.25) is 10.2 Å². The molecule has 0 saturated carbocycles. The molecule has 1 aromatic rings. The Hall–Kier alpha value is -0.590. The third-order valence-corrected chi connectivity index (χ3v) is 3.36. The molecule has 1 heterocycles. The van der Waals surface area contributed by atoms with Crippen LogP contribution in [0.1, 0.15) is 13.3 Å². The van der Waals surface area contributed by atoms with Crippen LogP contribution >= 0.6 is 23.1 Å². The van der Waals surface area contributed by atoms with Crippen molar-refractivity contribution in [2.75, 3.05) is 0 Å². The van der Waals surface area contributed by atoms with Gasteiger partial charge in [0, 0.05) is 23.2 Å². The summed E-state index contributed by atoms with van der Waals surface area (Å²) in [5, 5.41) is 2.12. The Morgan fingerprint density at radius 1 is 1.92 bits per heavy atom. The van der Waals surface area contributed by atoms with Crippen LogP contribution in [-0.2, 0) is 4.79 Å². The molecule has 0 spiro atoms. The summed E-state index contributed by atoms with van der Waals surface area (Å²) in [6, 6.07) is 0. The lowest BCUT2D eigenvalue weighted by Gasteiger charge is -2.06. The first-order valence-electron chi connectivity index (χ1n) is 3.78. The normalized spacial score (nSPS) is 12.5. The standard InChI is InChI=1S/C7H11N3OS2/c1-5(4-6(11)10-8)13-7-9-2-3-12-7/h2-3,5H,4,8H2,1H3,(H,10,11). The number of carbonyl (C=O) groups is 1. The predicted molar refractivity (Wildman–Crippen MR) is 54.4 cm³/mol. The Kier molecular flexibility index (Phi) is 4.20. The van der Waals surface area contributed by atoms with Crippen LogP contribution in [0.4, 0.5) is 0 Å². The Morgan fingerprint density at radius 2 is 2.69 bits per heavy atom. The zero-order valence-corrected chi connectivity index (χ0v) is 8.82. The van der Waals surface area contributed by atoms with Crippen LogP contribution in [0.3, 0.4) is 0 Å². The number of thiazole rings is 1. The number of amides is 1. The molecule has 1 rings (SSSR count). The maximum atomic E-state index is 10.9. The molecule has 6 heteroatoms. The molecule has 0 bridgehead atoms. The van der Waals surface area contributed by atoms with Crippen molar-refractivity contribution in [3.8, 4) is 0 Å². The van der Waals surface area contributed by atoms with E-state index in [9.17, 15) is 4.79 Å². The smallest absolute Gasteiger partial charge is 0.234 e. The summed E-state index contributed by atoms with van der Waals surface area (Å²) in [6.07, 6.45) is 2.17. The van der Waals surface area contributed by atoms with E-state index in [-0.39, 0.29) is 11.2 Å². The first-order valence-corrected chi connectivity index (χ1v) is 5.54. The van der Waals surface area contributed by atoms with Crippen LogP contribution in [0.5, 0.6) is 0 Å². The molecule has 0 saturated heterocycles. The van der Waals surface area contributed by atoms with Crippen LogP contribution in [-0.4, -0.2) is 16.1 Å². The second kappa shape index (κ2) is 5.21. The van der Waals surface area contributed by atoms with Crippen molar-refractivity contribution in [1.29, 1.82) is 0 Å². The number of aromatic nitrogens is 1. The molecule has 0 aliphatic heterocycles. The fourth-order valence-electron chi connectivity index (χ4n) is 0.802. The van der Waals surface area contributed by atoms with Gasteiger partial charge in [0.25, 0.3) is 0 Å². The molecule has 0 radical (unpaired) electrons. The summed E-state index contributed by atoms with van der Waals surface area (Å²) < 4.78 is 0.984. The molecule has 0 aliphatic carbocycles. The van der Waals surface area contributed by atoms with Crippen molar-refractivity contribution in [2.24, 2.45) is 5.84 Å². The molecule has 1 aromatic heterocycles. The highest BCUT2D eigenvalue weighted by Gasteiger charge is 2.10. The maximum Gasteiger partial charge on any atom is 0.234 e. The van der Waals surface area contributed by atoms with E-state index in [2.05, 4.69) is 10.4 Å². The minimum absolute atomic E-state index is 0.142. The topological polar surface area (TPSA) is 68.0 Å². The minimum Gasteiger partial charge on any atom is -0.294 e. The zero-order valence-electron chi connectivity index (χ0n) is 7.19. The minimum atomic E-state index is -0.142. The van der Waals surface area contributed by atoms with E-state index < -0.39 is 0 Å². The van der Waals surface area contributed by atoms with Gasteiger partial charge in [0.2, 0.25) is 5.91 Å². The average molecular weight is 217 g/mol. The third-order valence-electron chi connectivity index (χ3n) is 1.35. The van der Waals surface area contributed by atoms with Gasteiger partial charge in [0.05, 0.1) is 0 Å². The number of hydrogen-bond acceptors (Lipinski definition) is 5. The van der Waals surface area contributed by atoms with Gasteiger partial charge >= 0.3 is 0 Å². The number of rotatable bonds is 4. The van der Waals surface area contributed by atoms with E-state index >= 15 is 0 Å². The molecular formula is C7H11N3OS2. The van der Waals surface area contributed by atoms with Gasteiger partial charge in [0.1, 0.15) is 4.34 Å². The lowest BCUT2D eigenvalue weighted by atomic mass is 10.3. The van der Waals surface area contributed by atoms with Crippen molar-refractivity contribution in [1.82, 2.24) is 10.4 Å². The summed E-state index contributed by atoms with van der Waals surface area (Å²) in [4.78, 5) is 15.0. The second-order valence-electron chi connectivity index (χ2n) is 2.50. The van der Waals surface area contributed by atoms with Crippen molar-refractivity contribution >= 4 is 29.0 Å². The fraction of sp³-hybridized carbons (Fsp3) is 0.429. The van der Waals surface area contributed by atoms with Crippen molar-refractivity contribution in [2.45, 2.75) is 22.9 Å². The number of nitrogens with zero attached hydrogens (tertiary/aromatic N) is 1. The van der Waals surface area contributed by atoms with Crippen molar-refractivity contribution in [3.63, 3.8) is 0 Å². The largest absolute Gasteiger partial charge is 0.294 e. The first-order chi connectivity index (χ1) is 6.22. The summed E-state index contributed by atoms with van der Waals surface area (Å²) >= 11 is 3.16. The lowest BCUT2D eigenvalue weighted by molar-refractivity contribution is -0.121. The molecule has 3 N–H and O–H groups in total. The molecule has 1 unspecified atom stereocenters. The van der Waals surface area contributed by atoms with Crippen molar-refractivity contribution < 1.29 is 4.79 Å². The molecule has 1 amide bonds. The van der Waals surface area contributed by atoms with E-state index in [0.29, 0.717) is 6.42 Å². The number of hydrazine groups is 1. The molecule has 0 aromatic carbocycles. The molecule has 0 aliphatic rings. The van der Waals surface area contributed by atoms with E-state index in [1.165, 1.54) is 0 Å². The van der Waals surface area contributed by atoms with Crippen LogP contribution in [0.25, 0.3) is 0 Å². The summed E-state index contributed by atoms with van der Waals surface area (Å²) in [6.45, 7) is 1.97. The highest BCUT2D eigenvalue weighted by atomic mass is 32.2. The molecule has 13 heavy (non-hydrogen) atoms. The molecule has 72 valence electrons. The predicted octanol–water partition coefficient (Wildman–Crippen LogP) is 1.00. The van der Waals surface area contributed by atoms with Gasteiger partial charge in [-0.05, 0) is 0 Å². The van der Waals surface area contributed by atoms with Crippen LogP contribution in [0.2, 0.25) is 0 Å². The van der Waals surface area contributed by atoms with E-state index in [1.807, 2.05) is 12.3 Å². The highest BCUT2D eigenvalue weighted by Crippen LogP contribution is 2.26. The summed E-state index contributed by atoms with van der Waals surface area (Å²) in [5.41, 5.74) is 2.11. The number of carbonyl (C=O) groups excluding carboxylic acids is 1. The van der Waals surface area contributed by atoms with Crippen LogP contribution in [0.15, 0.2) is 15.9 Å². The Labute approximate surface area is 84.9 Å². The van der Waals surface area contributed by atoms with Gasteiger partial charge in [0.15, 0.2) is 0 Å². The first kappa shape index (κ1) is 10.5. The fourth-order valence-corrected chi connectivity index (χ4v) is 2.74. The van der Waals surface area contributed by atoms with Gasteiger partial charge < -0.3 is 0 Å². The number of nitrogens with one attached hydrogen (secondary N) is 1. The summed E-state index contributed by atoms with van der Waals surface area (Å²) in [5.74, 6) is 4.83. The second-order valence-corrected chi connectivity index (χ2v) is 5.08. The van der Waals surface area contributed by atoms with E-state index in [1.54, 1.807) is 29.3 Å². The van der Waals surface area contributed by atoms with E-state index in [0.717, 1.165) is 4.34 Å². The highest BCUT2D eigenvalue weighted by molar-refractivity contribution is 8.01. The molecular weight excluding hydrogens is 206 g/mol. The van der Waals surface area contributed by atoms with Crippen LogP contribution in [0, 0.1) is 0 Å². The zero-order chi connectivity index (χ0) is 9.68. The number of hydrogen-bond donors (Lipinski definition) is 2. The third kappa shape index (κ3) is 3.75. The number of nitrogens with two attached hydrogens (primary N) is 1. The van der Waals surface area contributed by atoms with Gasteiger partial charge in [-0.1, -0.05) is 18.7 Å². The van der Waals surface area contributed by atoms with Gasteiger partial charge in [-0.15, -0.1) is 11.3 Å². The van der Waals surface area contributed by atoms with Crippen LogP contribution < -0.4 is 11.3 Å². The Balaban J connectivity index is 2.33. The monoisotopic (exact) mass is 217 g/mol. The molecule has 1 atom stereocenters. The molecule has 0 fully saturated rings. The Bertz CT molecular complexity index is 263.